The Kier molecular flexibility index (Phi) is 4.17. The zero-order valence-electron chi connectivity index (χ0n) is 9.78. The highest BCUT2D eigenvalue weighted by atomic mass is 16.5. The molecule has 1 aromatic rings. The maximum Gasteiger partial charge on any atom is 0.255 e. The average Bonchev–Trinajstić information content (AvgIpc) is 2.28. The van der Waals surface area contributed by atoms with Crippen LogP contribution >= 0.6 is 0 Å². The van der Waals surface area contributed by atoms with Gasteiger partial charge in [0, 0.05) is 12.1 Å². The van der Waals surface area contributed by atoms with Crippen molar-refractivity contribution in [1.29, 1.82) is 0 Å². The zero-order valence-corrected chi connectivity index (χ0v) is 9.78. The molecule has 1 atom stereocenters. The topological polar surface area (TPSA) is 58.6 Å². The Morgan fingerprint density at radius 3 is 2.75 bits per heavy atom. The van der Waals surface area contributed by atoms with Crippen molar-refractivity contribution in [3.8, 4) is 11.5 Å². The molecular formula is C12H17NO3. The fourth-order valence-electron chi connectivity index (χ4n) is 1.23. The molecule has 4 heteroatoms. The minimum Gasteiger partial charge on any atom is -0.507 e. The van der Waals surface area contributed by atoms with Crippen molar-refractivity contribution in [2.24, 2.45) is 0 Å². The number of methoxy groups -OCH3 is 1. The number of phenols is 1. The molecule has 0 fully saturated rings. The van der Waals surface area contributed by atoms with Crippen LogP contribution in [0.25, 0.3) is 0 Å². The first-order valence-electron chi connectivity index (χ1n) is 5.26. The molecule has 0 spiro atoms. The van der Waals surface area contributed by atoms with E-state index in [1.807, 2.05) is 13.8 Å². The van der Waals surface area contributed by atoms with Crippen molar-refractivity contribution in [2.45, 2.75) is 26.3 Å². The van der Waals surface area contributed by atoms with Crippen LogP contribution in [0.4, 0.5) is 0 Å². The molecule has 0 aliphatic rings. The van der Waals surface area contributed by atoms with Crippen molar-refractivity contribution in [1.82, 2.24) is 5.32 Å². The number of aromatic hydroxyl groups is 1. The van der Waals surface area contributed by atoms with Crippen LogP contribution in [0.5, 0.6) is 11.5 Å². The van der Waals surface area contributed by atoms with E-state index in [9.17, 15) is 9.90 Å². The second-order valence-electron chi connectivity index (χ2n) is 3.67. The number of nitrogens with one attached hydrogen (secondary N) is 1. The first-order valence-corrected chi connectivity index (χ1v) is 5.26. The molecular weight excluding hydrogens is 206 g/mol. The van der Waals surface area contributed by atoms with Crippen molar-refractivity contribution in [2.75, 3.05) is 7.11 Å². The fourth-order valence-corrected chi connectivity index (χ4v) is 1.23. The SMILES string of the molecule is CCC(C)NC(=O)c1ccc(OC)cc1O. The van der Waals surface area contributed by atoms with Gasteiger partial charge in [0.1, 0.15) is 11.5 Å². The lowest BCUT2D eigenvalue weighted by atomic mass is 10.1. The smallest absolute Gasteiger partial charge is 0.255 e. The number of hydrogen-bond donors (Lipinski definition) is 2. The largest absolute Gasteiger partial charge is 0.507 e. The van der Waals surface area contributed by atoms with Gasteiger partial charge in [-0.1, -0.05) is 6.92 Å². The first-order chi connectivity index (χ1) is 7.58. The quantitative estimate of drug-likeness (QED) is 0.820. The van der Waals surface area contributed by atoms with Crippen LogP contribution in [0, 0.1) is 0 Å². The molecule has 0 heterocycles. The number of hydrogen-bond acceptors (Lipinski definition) is 3. The van der Waals surface area contributed by atoms with Gasteiger partial charge in [0.2, 0.25) is 0 Å². The Morgan fingerprint density at radius 1 is 1.56 bits per heavy atom. The zero-order chi connectivity index (χ0) is 12.1. The van der Waals surface area contributed by atoms with Gasteiger partial charge in [0.25, 0.3) is 5.91 Å². The molecule has 16 heavy (non-hydrogen) atoms. The van der Waals surface area contributed by atoms with Crippen LogP contribution in [-0.2, 0) is 0 Å². The number of carbonyl (C=O) groups excluding carboxylic acids is 1. The molecule has 0 saturated carbocycles. The summed E-state index contributed by atoms with van der Waals surface area (Å²) in [5.74, 6) is 0.187. The normalized spacial score (nSPS) is 11.9. The number of benzene rings is 1. The maximum atomic E-state index is 11.7. The van der Waals surface area contributed by atoms with Gasteiger partial charge in [-0.2, -0.15) is 0 Å². The Hall–Kier alpha value is -1.71. The van der Waals surface area contributed by atoms with Crippen molar-refractivity contribution < 1.29 is 14.6 Å². The molecule has 0 bridgehead atoms. The molecule has 88 valence electrons. The van der Waals surface area contributed by atoms with Crippen molar-refractivity contribution in [3.63, 3.8) is 0 Å². The van der Waals surface area contributed by atoms with Gasteiger partial charge in [0.15, 0.2) is 0 Å². The Morgan fingerprint density at radius 2 is 2.25 bits per heavy atom. The van der Waals surface area contributed by atoms with E-state index in [0.717, 1.165) is 6.42 Å². The highest BCUT2D eigenvalue weighted by Gasteiger charge is 2.13. The highest BCUT2D eigenvalue weighted by Crippen LogP contribution is 2.23. The van der Waals surface area contributed by atoms with E-state index in [-0.39, 0.29) is 23.3 Å². The van der Waals surface area contributed by atoms with Gasteiger partial charge in [-0.15, -0.1) is 0 Å². The molecule has 1 unspecified atom stereocenters. The second-order valence-corrected chi connectivity index (χ2v) is 3.67. The summed E-state index contributed by atoms with van der Waals surface area (Å²) in [6.07, 6.45) is 0.850. The van der Waals surface area contributed by atoms with E-state index >= 15 is 0 Å². The van der Waals surface area contributed by atoms with Crippen molar-refractivity contribution in [3.05, 3.63) is 23.8 Å². The van der Waals surface area contributed by atoms with Gasteiger partial charge in [-0.25, -0.2) is 0 Å². The van der Waals surface area contributed by atoms with Gasteiger partial charge in [0.05, 0.1) is 12.7 Å². The van der Waals surface area contributed by atoms with E-state index in [2.05, 4.69) is 5.32 Å². The summed E-state index contributed by atoms with van der Waals surface area (Å²) >= 11 is 0. The minimum absolute atomic E-state index is 0.0693. The Balaban J connectivity index is 2.84. The standard InChI is InChI=1S/C12H17NO3/c1-4-8(2)13-12(15)10-6-5-9(16-3)7-11(10)14/h5-8,14H,4H2,1-3H3,(H,13,15). The van der Waals surface area contributed by atoms with Crippen LogP contribution in [-0.4, -0.2) is 24.2 Å². The second kappa shape index (κ2) is 5.39. The third kappa shape index (κ3) is 2.89. The molecule has 4 nitrogen and oxygen atoms in total. The Bertz CT molecular complexity index is 377. The molecule has 0 saturated heterocycles. The fraction of sp³-hybridized carbons (Fsp3) is 0.417. The molecule has 1 aromatic carbocycles. The number of ether oxygens (including phenoxy) is 1. The van der Waals surface area contributed by atoms with E-state index in [1.165, 1.54) is 13.2 Å². The number of amides is 1. The van der Waals surface area contributed by atoms with E-state index in [1.54, 1.807) is 12.1 Å². The monoisotopic (exact) mass is 223 g/mol. The summed E-state index contributed by atoms with van der Waals surface area (Å²) in [6.45, 7) is 3.90. The maximum absolute atomic E-state index is 11.7. The van der Waals surface area contributed by atoms with E-state index < -0.39 is 0 Å². The molecule has 0 aliphatic carbocycles. The lowest BCUT2D eigenvalue weighted by molar-refractivity contribution is 0.0936. The predicted octanol–water partition coefficient (Wildman–Crippen LogP) is 1.93. The summed E-state index contributed by atoms with van der Waals surface area (Å²) in [4.78, 5) is 11.7. The third-order valence-electron chi connectivity index (χ3n) is 2.44. The summed E-state index contributed by atoms with van der Waals surface area (Å²) in [5, 5.41) is 12.4. The van der Waals surface area contributed by atoms with Crippen LogP contribution in [0.3, 0.4) is 0 Å². The predicted molar refractivity (Wildman–Crippen MR) is 61.9 cm³/mol. The first kappa shape index (κ1) is 12.4. The number of carbonyl (C=O) groups is 1. The van der Waals surface area contributed by atoms with Crippen LogP contribution in [0.15, 0.2) is 18.2 Å². The number of phenolic OH excluding ortho intramolecular Hbond substituents is 1. The van der Waals surface area contributed by atoms with Gasteiger partial charge in [-0.3, -0.25) is 4.79 Å². The summed E-state index contributed by atoms with van der Waals surface area (Å²) in [7, 11) is 1.51. The lowest BCUT2D eigenvalue weighted by Gasteiger charge is -2.12. The molecule has 0 radical (unpaired) electrons. The molecule has 1 amide bonds. The van der Waals surface area contributed by atoms with Crippen LogP contribution in [0.2, 0.25) is 0 Å². The lowest BCUT2D eigenvalue weighted by Crippen LogP contribution is -2.31. The third-order valence-corrected chi connectivity index (χ3v) is 2.44. The van der Waals surface area contributed by atoms with E-state index in [4.69, 9.17) is 4.74 Å². The van der Waals surface area contributed by atoms with Gasteiger partial charge < -0.3 is 15.2 Å². The highest BCUT2D eigenvalue weighted by molar-refractivity contribution is 5.97. The molecule has 1 rings (SSSR count). The van der Waals surface area contributed by atoms with Gasteiger partial charge in [-0.05, 0) is 25.5 Å². The summed E-state index contributed by atoms with van der Waals surface area (Å²) in [5.41, 5.74) is 0.265. The Labute approximate surface area is 95.2 Å². The summed E-state index contributed by atoms with van der Waals surface area (Å²) in [6, 6.07) is 4.71. The average molecular weight is 223 g/mol. The van der Waals surface area contributed by atoms with Crippen molar-refractivity contribution >= 4 is 5.91 Å². The van der Waals surface area contributed by atoms with Crippen LogP contribution in [0.1, 0.15) is 30.6 Å². The minimum atomic E-state index is -0.269. The summed E-state index contributed by atoms with van der Waals surface area (Å²) < 4.78 is 4.94. The van der Waals surface area contributed by atoms with Crippen LogP contribution < -0.4 is 10.1 Å². The van der Waals surface area contributed by atoms with Gasteiger partial charge >= 0.3 is 0 Å². The van der Waals surface area contributed by atoms with E-state index in [0.29, 0.717) is 5.75 Å². The molecule has 2 N–H and O–H groups in total. The molecule has 0 aliphatic heterocycles. The number of rotatable bonds is 4. The molecule has 0 aromatic heterocycles.